The van der Waals surface area contributed by atoms with Crippen molar-refractivity contribution in [3.05, 3.63) is 47.3 Å². The molecular formula is C19H27F2NO4. The van der Waals surface area contributed by atoms with E-state index in [-0.39, 0.29) is 11.4 Å². The monoisotopic (exact) mass is 371 g/mol. The van der Waals surface area contributed by atoms with E-state index in [0.29, 0.717) is 19.8 Å². The lowest BCUT2D eigenvalue weighted by Crippen LogP contribution is -2.54. The van der Waals surface area contributed by atoms with E-state index in [2.05, 4.69) is 5.32 Å². The summed E-state index contributed by atoms with van der Waals surface area (Å²) in [7, 11) is 0. The number of hydrogen-bond donors (Lipinski definition) is 4. The van der Waals surface area contributed by atoms with Gasteiger partial charge in [0.05, 0.1) is 12.6 Å². The highest BCUT2D eigenvalue weighted by molar-refractivity contribution is 5.21. The summed E-state index contributed by atoms with van der Waals surface area (Å²) in [5.74, 6) is -0.264. The highest BCUT2D eigenvalue weighted by Gasteiger charge is 2.36. The predicted octanol–water partition coefficient (Wildman–Crippen LogP) is 1.46. The van der Waals surface area contributed by atoms with Crippen molar-refractivity contribution in [3.63, 3.8) is 0 Å². The van der Waals surface area contributed by atoms with Gasteiger partial charge in [-0.2, -0.15) is 0 Å². The second-order valence-electron chi connectivity index (χ2n) is 6.52. The van der Waals surface area contributed by atoms with E-state index in [9.17, 15) is 24.1 Å². The minimum atomic E-state index is -1.39. The Bertz CT molecular complexity index is 567. The van der Waals surface area contributed by atoms with E-state index in [1.807, 2.05) is 0 Å². The average molecular weight is 371 g/mol. The van der Waals surface area contributed by atoms with E-state index in [0.717, 1.165) is 24.8 Å². The summed E-state index contributed by atoms with van der Waals surface area (Å²) >= 11 is 0. The van der Waals surface area contributed by atoms with Crippen LogP contribution in [0.2, 0.25) is 0 Å². The summed E-state index contributed by atoms with van der Waals surface area (Å²) in [5.41, 5.74) is 1.02. The molecule has 0 fully saturated rings. The Morgan fingerprint density at radius 2 is 1.73 bits per heavy atom. The van der Waals surface area contributed by atoms with Crippen LogP contribution in [0.4, 0.5) is 8.78 Å². The van der Waals surface area contributed by atoms with Crippen LogP contribution < -0.4 is 5.32 Å². The molecular weight excluding hydrogens is 344 g/mol. The Hall–Kier alpha value is -1.38. The molecule has 0 heterocycles. The summed E-state index contributed by atoms with van der Waals surface area (Å²) in [6.45, 7) is 0.789. The summed E-state index contributed by atoms with van der Waals surface area (Å²) < 4.78 is 31.1. The molecule has 1 aromatic rings. The summed E-state index contributed by atoms with van der Waals surface area (Å²) in [6, 6.07) is 5.62. The predicted molar refractivity (Wildman–Crippen MR) is 93.8 cm³/mol. The van der Waals surface area contributed by atoms with E-state index in [1.54, 1.807) is 12.1 Å². The van der Waals surface area contributed by atoms with Crippen LogP contribution in [0, 0.1) is 5.82 Å². The number of unbranched alkanes of at least 4 members (excludes halogenated alkanes) is 2. The maximum Gasteiger partial charge on any atom is 0.123 e. The fourth-order valence-electron chi connectivity index (χ4n) is 2.89. The van der Waals surface area contributed by atoms with Gasteiger partial charge in [-0.3, -0.25) is 0 Å². The number of halogens is 2. The number of ether oxygens (including phenoxy) is 1. The number of hydrogen-bond acceptors (Lipinski definition) is 5. The van der Waals surface area contributed by atoms with Gasteiger partial charge >= 0.3 is 0 Å². The molecule has 0 aromatic heterocycles. The maximum absolute atomic E-state index is 12.8. The van der Waals surface area contributed by atoms with Crippen LogP contribution in [0.1, 0.15) is 24.8 Å². The molecule has 7 heteroatoms. The van der Waals surface area contributed by atoms with Crippen molar-refractivity contribution in [3.8, 4) is 0 Å². The topological polar surface area (TPSA) is 82.0 Å². The van der Waals surface area contributed by atoms with Crippen molar-refractivity contribution in [2.75, 3.05) is 19.8 Å². The van der Waals surface area contributed by atoms with Crippen LogP contribution in [0.25, 0.3) is 0 Å². The molecule has 0 unspecified atom stereocenters. The first-order chi connectivity index (χ1) is 12.5. The van der Waals surface area contributed by atoms with Crippen molar-refractivity contribution >= 4 is 0 Å². The lowest BCUT2D eigenvalue weighted by Gasteiger charge is -2.34. The molecule has 0 saturated carbocycles. The minimum absolute atomic E-state index is 0.0921. The number of benzene rings is 1. The largest absolute Gasteiger partial charge is 0.388 e. The third kappa shape index (κ3) is 6.10. The number of rotatable bonds is 10. The molecule has 1 aliphatic carbocycles. The van der Waals surface area contributed by atoms with Crippen LogP contribution in [0.3, 0.4) is 0 Å². The van der Waals surface area contributed by atoms with E-state index in [1.165, 1.54) is 18.2 Å². The van der Waals surface area contributed by atoms with Gasteiger partial charge in [0, 0.05) is 6.61 Å². The standard InChI is InChI=1S/C19H27F2NO4/c20-11-14-10-16(18(24)19(25)17(14)23)22-8-2-1-3-9-26-12-13-4-6-15(21)7-5-13/h4-7,10,16-19,22-25H,1-3,8-9,11-12H2/t16-,17+,18+,19+/m1/s1. The normalized spacial score (nSPS) is 26.0. The molecule has 4 N–H and O–H groups in total. The van der Waals surface area contributed by atoms with E-state index in [4.69, 9.17) is 4.74 Å². The van der Waals surface area contributed by atoms with Gasteiger partial charge in [0.1, 0.15) is 30.8 Å². The van der Waals surface area contributed by atoms with Gasteiger partial charge in [-0.05, 0) is 49.1 Å². The molecule has 0 spiro atoms. The maximum atomic E-state index is 12.8. The second kappa shape index (κ2) is 10.7. The fraction of sp³-hybridized carbons (Fsp3) is 0.579. The van der Waals surface area contributed by atoms with Gasteiger partial charge in [0.15, 0.2) is 0 Å². The first-order valence-corrected chi connectivity index (χ1v) is 8.89. The van der Waals surface area contributed by atoms with E-state index < -0.39 is 31.0 Å². The zero-order valence-corrected chi connectivity index (χ0v) is 14.7. The zero-order valence-electron chi connectivity index (χ0n) is 14.7. The highest BCUT2D eigenvalue weighted by Crippen LogP contribution is 2.20. The second-order valence-corrected chi connectivity index (χ2v) is 6.52. The molecule has 5 nitrogen and oxygen atoms in total. The number of aliphatic hydroxyl groups excluding tert-OH is 3. The van der Waals surface area contributed by atoms with Crippen LogP contribution in [0.5, 0.6) is 0 Å². The molecule has 26 heavy (non-hydrogen) atoms. The Labute approximate surface area is 152 Å². The van der Waals surface area contributed by atoms with Gasteiger partial charge in [0.25, 0.3) is 0 Å². The SMILES string of the molecule is O[C@@H]1[C@@H](O)[C@@H](O)C(CF)=C[C@H]1NCCCCCOCc1ccc(F)cc1. The van der Waals surface area contributed by atoms with E-state index >= 15 is 0 Å². The van der Waals surface area contributed by atoms with Crippen molar-refractivity contribution in [2.24, 2.45) is 0 Å². The van der Waals surface area contributed by atoms with Crippen molar-refractivity contribution in [1.82, 2.24) is 5.32 Å². The lowest BCUT2D eigenvalue weighted by molar-refractivity contribution is -0.0628. The lowest BCUT2D eigenvalue weighted by atomic mass is 9.88. The van der Waals surface area contributed by atoms with Crippen LogP contribution >= 0.6 is 0 Å². The molecule has 0 bridgehead atoms. The van der Waals surface area contributed by atoms with Crippen molar-refractivity contribution < 1.29 is 28.8 Å². The summed E-state index contributed by atoms with van der Waals surface area (Å²) in [6.07, 6.45) is 0.149. The Morgan fingerprint density at radius 1 is 1.00 bits per heavy atom. The Kier molecular flexibility index (Phi) is 8.61. The Morgan fingerprint density at radius 3 is 2.42 bits per heavy atom. The molecule has 0 amide bonds. The number of nitrogens with one attached hydrogen (secondary N) is 1. The van der Waals surface area contributed by atoms with Gasteiger partial charge < -0.3 is 25.4 Å². The summed E-state index contributed by atoms with van der Waals surface area (Å²) in [5, 5.41) is 32.4. The van der Waals surface area contributed by atoms with Gasteiger partial charge in [-0.25, -0.2) is 8.78 Å². The van der Waals surface area contributed by atoms with Crippen molar-refractivity contribution in [1.29, 1.82) is 0 Å². The van der Waals surface area contributed by atoms with Crippen LogP contribution in [-0.2, 0) is 11.3 Å². The molecule has 0 saturated heterocycles. The van der Waals surface area contributed by atoms with Gasteiger partial charge in [-0.1, -0.05) is 18.2 Å². The molecule has 0 aliphatic heterocycles. The minimum Gasteiger partial charge on any atom is -0.388 e. The number of alkyl halides is 1. The van der Waals surface area contributed by atoms with Gasteiger partial charge in [-0.15, -0.1) is 0 Å². The first-order valence-electron chi connectivity index (χ1n) is 8.89. The fourth-order valence-corrected chi connectivity index (χ4v) is 2.89. The molecule has 4 atom stereocenters. The highest BCUT2D eigenvalue weighted by atomic mass is 19.1. The van der Waals surface area contributed by atoms with Crippen LogP contribution in [0.15, 0.2) is 35.9 Å². The molecule has 1 aromatic carbocycles. The molecule has 146 valence electrons. The Balaban J connectivity index is 1.57. The average Bonchev–Trinajstić information content (AvgIpc) is 2.65. The quantitative estimate of drug-likeness (QED) is 0.370. The zero-order chi connectivity index (χ0) is 18.9. The molecule has 0 radical (unpaired) electrons. The smallest absolute Gasteiger partial charge is 0.123 e. The molecule has 2 rings (SSSR count). The molecule has 1 aliphatic rings. The van der Waals surface area contributed by atoms with Gasteiger partial charge in [0.2, 0.25) is 0 Å². The van der Waals surface area contributed by atoms with Crippen molar-refractivity contribution in [2.45, 2.75) is 50.2 Å². The summed E-state index contributed by atoms with van der Waals surface area (Å²) in [4.78, 5) is 0. The third-order valence-electron chi connectivity index (χ3n) is 4.50. The number of aliphatic hydroxyl groups is 3. The third-order valence-corrected chi connectivity index (χ3v) is 4.50. The van der Waals surface area contributed by atoms with Crippen LogP contribution in [-0.4, -0.2) is 59.5 Å². The first kappa shape index (κ1) is 20.9.